The van der Waals surface area contributed by atoms with Crippen molar-refractivity contribution in [3.8, 4) is 5.75 Å². The highest BCUT2D eigenvalue weighted by Gasteiger charge is 2.11. The lowest BCUT2D eigenvalue weighted by molar-refractivity contribution is 0.382. The van der Waals surface area contributed by atoms with Gasteiger partial charge in [0.15, 0.2) is 0 Å². The van der Waals surface area contributed by atoms with Crippen molar-refractivity contribution in [3.05, 3.63) is 28.3 Å². The van der Waals surface area contributed by atoms with Crippen LogP contribution < -0.4 is 5.63 Å². The molecule has 78 valence electrons. The molecule has 0 aliphatic carbocycles. The number of rotatable bonds is 3. The maximum absolute atomic E-state index is 11.0. The quantitative estimate of drug-likeness (QED) is 0.808. The Balaban J connectivity index is 2.89. The molecule has 3 heteroatoms. The number of hydrogen-bond acceptors (Lipinski definition) is 3. The second-order valence-corrected chi connectivity index (χ2v) is 4.07. The van der Waals surface area contributed by atoms with Crippen molar-refractivity contribution in [2.45, 2.75) is 33.1 Å². The van der Waals surface area contributed by atoms with Gasteiger partial charge >= 0.3 is 5.63 Å². The maximum atomic E-state index is 11.0. The van der Waals surface area contributed by atoms with Crippen molar-refractivity contribution in [2.75, 3.05) is 0 Å². The van der Waals surface area contributed by atoms with Gasteiger partial charge in [-0.15, -0.1) is 0 Å². The Labute approximate surface area is 83.4 Å². The Hall–Kier alpha value is -1.25. The molecule has 0 bridgehead atoms. The second kappa shape index (κ2) is 4.31. The lowest BCUT2D eigenvalue weighted by atomic mass is 9.96. The molecule has 0 unspecified atom stereocenters. The average Bonchev–Trinajstić information content (AvgIpc) is 2.00. The van der Waals surface area contributed by atoms with E-state index >= 15 is 0 Å². The maximum Gasteiger partial charge on any atom is 0.339 e. The zero-order valence-corrected chi connectivity index (χ0v) is 8.78. The summed E-state index contributed by atoms with van der Waals surface area (Å²) in [4.78, 5) is 11.0. The van der Waals surface area contributed by atoms with Crippen molar-refractivity contribution < 1.29 is 9.52 Å². The van der Waals surface area contributed by atoms with E-state index in [0.717, 1.165) is 12.5 Å². The first-order valence-corrected chi connectivity index (χ1v) is 4.83. The fourth-order valence-corrected chi connectivity index (χ4v) is 1.55. The Bertz CT molecular complexity index is 352. The van der Waals surface area contributed by atoms with Crippen molar-refractivity contribution >= 4 is 0 Å². The highest BCUT2D eigenvalue weighted by molar-refractivity contribution is 5.20. The minimum Gasteiger partial charge on any atom is -0.508 e. The van der Waals surface area contributed by atoms with Crippen molar-refractivity contribution in [1.29, 1.82) is 0 Å². The van der Waals surface area contributed by atoms with Crippen LogP contribution in [0.2, 0.25) is 0 Å². The molecule has 14 heavy (non-hydrogen) atoms. The predicted octanol–water partition coefficient (Wildman–Crippen LogP) is 2.50. The molecule has 1 rings (SSSR count). The molecule has 0 saturated heterocycles. The van der Waals surface area contributed by atoms with Crippen LogP contribution in [0.5, 0.6) is 5.75 Å². The Morgan fingerprint density at radius 2 is 2.00 bits per heavy atom. The van der Waals surface area contributed by atoms with E-state index in [9.17, 15) is 9.90 Å². The molecule has 0 saturated carbocycles. The van der Waals surface area contributed by atoms with E-state index in [-0.39, 0.29) is 11.7 Å². The molecule has 1 N–H and O–H groups in total. The molecule has 1 atom stereocenters. The van der Waals surface area contributed by atoms with Crippen LogP contribution in [0.4, 0.5) is 0 Å². The molecule has 1 aromatic heterocycles. The van der Waals surface area contributed by atoms with E-state index in [0.29, 0.717) is 11.7 Å². The normalized spacial score (nSPS) is 13.1. The van der Waals surface area contributed by atoms with Crippen LogP contribution in [0.25, 0.3) is 0 Å². The zero-order valence-electron chi connectivity index (χ0n) is 8.78. The molecule has 0 spiro atoms. The fraction of sp³-hybridized carbons (Fsp3) is 0.545. The van der Waals surface area contributed by atoms with Crippen LogP contribution in [0.3, 0.4) is 0 Å². The molecule has 0 aromatic carbocycles. The van der Waals surface area contributed by atoms with E-state index in [2.05, 4.69) is 13.8 Å². The van der Waals surface area contributed by atoms with E-state index in [1.165, 1.54) is 6.07 Å². The Kier molecular flexibility index (Phi) is 3.33. The molecule has 0 radical (unpaired) electrons. The molecule has 3 nitrogen and oxygen atoms in total. The van der Waals surface area contributed by atoms with Gasteiger partial charge in [-0.05, 0) is 12.3 Å². The van der Waals surface area contributed by atoms with E-state index < -0.39 is 5.63 Å². The van der Waals surface area contributed by atoms with Gasteiger partial charge in [-0.3, -0.25) is 0 Å². The molecule has 0 fully saturated rings. The summed E-state index contributed by atoms with van der Waals surface area (Å²) in [6, 6.07) is 2.58. The van der Waals surface area contributed by atoms with Crippen molar-refractivity contribution in [3.63, 3.8) is 0 Å². The summed E-state index contributed by atoms with van der Waals surface area (Å²) in [7, 11) is 0. The second-order valence-electron chi connectivity index (χ2n) is 4.07. The van der Waals surface area contributed by atoms with E-state index in [1.54, 1.807) is 0 Å². The molecule has 1 heterocycles. The largest absolute Gasteiger partial charge is 0.508 e. The zero-order chi connectivity index (χ0) is 10.7. The number of hydrogen-bond donors (Lipinski definition) is 1. The number of aromatic hydroxyl groups is 1. The van der Waals surface area contributed by atoms with Gasteiger partial charge in [-0.2, -0.15) is 0 Å². The van der Waals surface area contributed by atoms with E-state index in [4.69, 9.17) is 4.42 Å². The first-order valence-electron chi connectivity index (χ1n) is 4.83. The van der Waals surface area contributed by atoms with Gasteiger partial charge in [0.25, 0.3) is 0 Å². The summed E-state index contributed by atoms with van der Waals surface area (Å²) in [5.41, 5.74) is -0.490. The predicted molar refractivity (Wildman–Crippen MR) is 54.5 cm³/mol. The third kappa shape index (κ3) is 2.91. The molecule has 1 aromatic rings. The van der Waals surface area contributed by atoms with Crippen molar-refractivity contribution in [1.82, 2.24) is 0 Å². The SMILES string of the molecule is CC(C)C[C@@H](C)c1cc(O)cc(=O)o1. The smallest absolute Gasteiger partial charge is 0.339 e. The monoisotopic (exact) mass is 196 g/mol. The minimum atomic E-state index is -0.490. The average molecular weight is 196 g/mol. The third-order valence-corrected chi connectivity index (χ3v) is 2.08. The highest BCUT2D eigenvalue weighted by atomic mass is 16.4. The Morgan fingerprint density at radius 3 is 2.50 bits per heavy atom. The van der Waals surface area contributed by atoms with Gasteiger partial charge in [-0.25, -0.2) is 4.79 Å². The van der Waals surface area contributed by atoms with Crippen molar-refractivity contribution in [2.24, 2.45) is 5.92 Å². The highest BCUT2D eigenvalue weighted by Crippen LogP contribution is 2.23. The van der Waals surface area contributed by atoms with Gasteiger partial charge in [0.05, 0.1) is 6.07 Å². The van der Waals surface area contributed by atoms with Crippen LogP contribution in [-0.2, 0) is 0 Å². The first-order chi connectivity index (χ1) is 6.49. The van der Waals surface area contributed by atoms with Crippen LogP contribution >= 0.6 is 0 Å². The van der Waals surface area contributed by atoms with Gasteiger partial charge in [0.2, 0.25) is 0 Å². The molecular weight excluding hydrogens is 180 g/mol. The lowest BCUT2D eigenvalue weighted by Crippen LogP contribution is -2.04. The topological polar surface area (TPSA) is 50.4 Å². The van der Waals surface area contributed by atoms with Crippen LogP contribution in [-0.4, -0.2) is 5.11 Å². The minimum absolute atomic E-state index is 0.0214. The summed E-state index contributed by atoms with van der Waals surface area (Å²) in [6.07, 6.45) is 0.937. The first kappa shape index (κ1) is 10.8. The fourth-order valence-electron chi connectivity index (χ4n) is 1.55. The molecule has 0 amide bonds. The Morgan fingerprint density at radius 1 is 1.36 bits per heavy atom. The summed E-state index contributed by atoms with van der Waals surface area (Å²) in [6.45, 7) is 6.20. The third-order valence-electron chi connectivity index (χ3n) is 2.08. The van der Waals surface area contributed by atoms with Crippen LogP contribution in [0, 0.1) is 5.92 Å². The van der Waals surface area contributed by atoms with Crippen LogP contribution in [0.1, 0.15) is 38.9 Å². The molecule has 0 aliphatic heterocycles. The lowest BCUT2D eigenvalue weighted by Gasteiger charge is -2.12. The van der Waals surface area contributed by atoms with Crippen LogP contribution in [0.15, 0.2) is 21.3 Å². The van der Waals surface area contributed by atoms with Gasteiger partial charge in [0, 0.05) is 12.0 Å². The molecular formula is C11H16O3. The summed E-state index contributed by atoms with van der Waals surface area (Å²) in [5.74, 6) is 1.24. The van der Waals surface area contributed by atoms with Gasteiger partial charge in [-0.1, -0.05) is 20.8 Å². The van der Waals surface area contributed by atoms with Gasteiger partial charge in [0.1, 0.15) is 11.5 Å². The summed E-state index contributed by atoms with van der Waals surface area (Å²) in [5, 5.41) is 9.22. The molecule has 0 aliphatic rings. The van der Waals surface area contributed by atoms with Gasteiger partial charge < -0.3 is 9.52 Å². The summed E-state index contributed by atoms with van der Waals surface area (Å²) < 4.78 is 5.01. The van der Waals surface area contributed by atoms with E-state index in [1.807, 2.05) is 6.92 Å². The standard InChI is InChI=1S/C11H16O3/c1-7(2)4-8(3)10-5-9(12)6-11(13)14-10/h5-8,12H,4H2,1-3H3/t8-/m1/s1. The summed E-state index contributed by atoms with van der Waals surface area (Å²) >= 11 is 0.